The highest BCUT2D eigenvalue weighted by Gasteiger charge is 2.09. The first-order valence-electron chi connectivity index (χ1n) is 7.46. The van der Waals surface area contributed by atoms with Gasteiger partial charge in [-0.05, 0) is 31.0 Å². The number of pyridine rings is 1. The van der Waals surface area contributed by atoms with E-state index >= 15 is 0 Å². The van der Waals surface area contributed by atoms with Gasteiger partial charge in [0.25, 0.3) is 0 Å². The molecule has 0 spiro atoms. The van der Waals surface area contributed by atoms with E-state index in [0.29, 0.717) is 6.04 Å². The third-order valence-electron chi connectivity index (χ3n) is 3.31. The van der Waals surface area contributed by atoms with E-state index in [-0.39, 0.29) is 0 Å². The summed E-state index contributed by atoms with van der Waals surface area (Å²) >= 11 is 0. The summed E-state index contributed by atoms with van der Waals surface area (Å²) in [6.07, 6.45) is 5.10. The molecule has 0 amide bonds. The number of nitrogens with zero attached hydrogens (tertiary/aromatic N) is 2. The van der Waals surface area contributed by atoms with Crippen molar-refractivity contribution in [2.45, 2.75) is 46.3 Å². The molecule has 0 radical (unpaired) electrons. The van der Waals surface area contributed by atoms with Crippen molar-refractivity contribution in [1.82, 2.24) is 14.9 Å². The maximum Gasteiger partial charge on any atom is 0.140 e. The van der Waals surface area contributed by atoms with E-state index < -0.39 is 0 Å². The van der Waals surface area contributed by atoms with E-state index in [1.807, 2.05) is 19.2 Å². The molecule has 0 bridgehead atoms. The summed E-state index contributed by atoms with van der Waals surface area (Å²) in [5, 5.41) is 4.73. The van der Waals surface area contributed by atoms with Crippen LogP contribution in [0.5, 0.6) is 0 Å². The van der Waals surface area contributed by atoms with Crippen LogP contribution >= 0.6 is 0 Å². The van der Waals surface area contributed by atoms with Gasteiger partial charge in [0.05, 0.1) is 0 Å². The summed E-state index contributed by atoms with van der Waals surface area (Å²) in [7, 11) is 0. The average molecular weight is 275 g/mol. The normalized spacial score (nSPS) is 11.6. The van der Waals surface area contributed by atoms with Gasteiger partial charge in [-0.3, -0.25) is 0 Å². The molecule has 2 aromatic heterocycles. The molecule has 20 heavy (non-hydrogen) atoms. The molecule has 0 aliphatic rings. The Morgan fingerprint density at radius 2 is 2.25 bits per heavy atom. The van der Waals surface area contributed by atoms with Crippen molar-refractivity contribution in [3.8, 4) is 0 Å². The van der Waals surface area contributed by atoms with Gasteiger partial charge in [0, 0.05) is 50.1 Å². The Morgan fingerprint density at radius 3 is 3.00 bits per heavy atom. The lowest BCUT2D eigenvalue weighted by Gasteiger charge is -2.06. The van der Waals surface area contributed by atoms with Gasteiger partial charge in [-0.15, -0.1) is 0 Å². The molecule has 1 N–H and O–H groups in total. The molecule has 2 rings (SSSR count). The van der Waals surface area contributed by atoms with Crippen LogP contribution in [0, 0.1) is 0 Å². The van der Waals surface area contributed by atoms with Gasteiger partial charge in [0.15, 0.2) is 0 Å². The van der Waals surface area contributed by atoms with Gasteiger partial charge in [-0.25, -0.2) is 4.98 Å². The van der Waals surface area contributed by atoms with E-state index in [4.69, 9.17) is 4.74 Å². The molecule has 2 heterocycles. The molecule has 0 fully saturated rings. The Hall–Kier alpha value is -1.39. The first kappa shape index (κ1) is 15.0. The largest absolute Gasteiger partial charge is 0.382 e. The Kier molecular flexibility index (Phi) is 5.56. The number of aryl methyl sites for hydroxylation is 1. The number of ether oxygens (including phenoxy) is 1. The van der Waals surface area contributed by atoms with Gasteiger partial charge in [-0.1, -0.05) is 13.8 Å². The monoisotopic (exact) mass is 275 g/mol. The molecule has 0 aliphatic heterocycles. The zero-order valence-electron chi connectivity index (χ0n) is 12.7. The minimum absolute atomic E-state index is 0.489. The fraction of sp³-hybridized carbons (Fsp3) is 0.562. The van der Waals surface area contributed by atoms with Crippen LogP contribution in [0.3, 0.4) is 0 Å². The van der Waals surface area contributed by atoms with Crippen molar-refractivity contribution in [3.05, 3.63) is 30.1 Å². The number of nitrogens with one attached hydrogen (secondary N) is 1. The topological polar surface area (TPSA) is 39.1 Å². The standard InChI is InChI=1S/C16H25N3O/c1-4-20-10-6-9-19-12-14(11-18-13(2)3)15-7-5-8-17-16(15)19/h5,7-8,12-13,18H,4,6,9-11H2,1-3H3. The fourth-order valence-corrected chi connectivity index (χ4v) is 2.30. The summed E-state index contributed by atoms with van der Waals surface area (Å²) in [6, 6.07) is 4.65. The van der Waals surface area contributed by atoms with Gasteiger partial charge < -0.3 is 14.6 Å². The molecule has 0 saturated heterocycles. The molecule has 0 unspecified atom stereocenters. The molecular formula is C16H25N3O. The first-order chi connectivity index (χ1) is 9.72. The van der Waals surface area contributed by atoms with E-state index in [9.17, 15) is 0 Å². The van der Waals surface area contributed by atoms with E-state index in [2.05, 4.69) is 41.0 Å². The van der Waals surface area contributed by atoms with Crippen molar-refractivity contribution in [2.75, 3.05) is 13.2 Å². The second-order valence-electron chi connectivity index (χ2n) is 5.31. The van der Waals surface area contributed by atoms with Crippen molar-refractivity contribution >= 4 is 11.0 Å². The van der Waals surface area contributed by atoms with Crippen LogP contribution in [0.1, 0.15) is 32.8 Å². The summed E-state index contributed by atoms with van der Waals surface area (Å²) in [6.45, 7) is 9.80. The second-order valence-corrected chi connectivity index (χ2v) is 5.31. The number of hydrogen-bond acceptors (Lipinski definition) is 3. The third kappa shape index (κ3) is 3.81. The van der Waals surface area contributed by atoms with Crippen LogP contribution in [0.2, 0.25) is 0 Å². The maximum absolute atomic E-state index is 5.41. The van der Waals surface area contributed by atoms with Crippen molar-refractivity contribution < 1.29 is 4.74 Å². The number of hydrogen-bond donors (Lipinski definition) is 1. The molecule has 4 heteroatoms. The summed E-state index contributed by atoms with van der Waals surface area (Å²) in [5.74, 6) is 0. The Balaban J connectivity index is 2.13. The average Bonchev–Trinajstić information content (AvgIpc) is 2.80. The van der Waals surface area contributed by atoms with Gasteiger partial charge >= 0.3 is 0 Å². The number of rotatable bonds is 8. The lowest BCUT2D eigenvalue weighted by molar-refractivity contribution is 0.142. The van der Waals surface area contributed by atoms with Crippen LogP contribution in [0.4, 0.5) is 0 Å². The number of fused-ring (bicyclic) bond motifs is 1. The summed E-state index contributed by atoms with van der Waals surface area (Å²) < 4.78 is 7.65. The Labute approximate surface area is 121 Å². The zero-order chi connectivity index (χ0) is 14.4. The van der Waals surface area contributed by atoms with E-state index in [1.54, 1.807) is 0 Å². The van der Waals surface area contributed by atoms with E-state index in [1.165, 1.54) is 10.9 Å². The molecule has 0 saturated carbocycles. The molecule has 0 aromatic carbocycles. The predicted octanol–water partition coefficient (Wildman–Crippen LogP) is 2.96. The molecule has 110 valence electrons. The minimum Gasteiger partial charge on any atom is -0.382 e. The predicted molar refractivity (Wildman–Crippen MR) is 82.8 cm³/mol. The van der Waals surface area contributed by atoms with E-state index in [0.717, 1.165) is 38.4 Å². The summed E-state index contributed by atoms with van der Waals surface area (Å²) in [5.41, 5.74) is 2.39. The SMILES string of the molecule is CCOCCCn1cc(CNC(C)C)c2cccnc21. The highest BCUT2D eigenvalue weighted by molar-refractivity contribution is 5.80. The van der Waals surface area contributed by atoms with Gasteiger partial charge in [-0.2, -0.15) is 0 Å². The van der Waals surface area contributed by atoms with Crippen LogP contribution in [-0.2, 0) is 17.8 Å². The maximum atomic E-state index is 5.41. The highest BCUT2D eigenvalue weighted by Crippen LogP contribution is 2.19. The Morgan fingerprint density at radius 1 is 1.40 bits per heavy atom. The molecular weight excluding hydrogens is 250 g/mol. The minimum atomic E-state index is 0.489. The lowest BCUT2D eigenvalue weighted by atomic mass is 10.2. The van der Waals surface area contributed by atoms with Crippen molar-refractivity contribution in [3.63, 3.8) is 0 Å². The highest BCUT2D eigenvalue weighted by atomic mass is 16.5. The smallest absolute Gasteiger partial charge is 0.140 e. The third-order valence-corrected chi connectivity index (χ3v) is 3.31. The molecule has 0 atom stereocenters. The van der Waals surface area contributed by atoms with Gasteiger partial charge in [0.2, 0.25) is 0 Å². The van der Waals surface area contributed by atoms with Crippen LogP contribution < -0.4 is 5.32 Å². The van der Waals surface area contributed by atoms with Crippen LogP contribution in [0.25, 0.3) is 11.0 Å². The molecule has 0 aliphatic carbocycles. The van der Waals surface area contributed by atoms with Gasteiger partial charge in [0.1, 0.15) is 5.65 Å². The number of aromatic nitrogens is 2. The first-order valence-corrected chi connectivity index (χ1v) is 7.46. The van der Waals surface area contributed by atoms with Crippen molar-refractivity contribution in [1.29, 1.82) is 0 Å². The lowest BCUT2D eigenvalue weighted by Crippen LogP contribution is -2.21. The quantitative estimate of drug-likeness (QED) is 0.753. The molecule has 2 aromatic rings. The second kappa shape index (κ2) is 7.41. The summed E-state index contributed by atoms with van der Waals surface area (Å²) in [4.78, 5) is 4.52. The van der Waals surface area contributed by atoms with Crippen LogP contribution in [0.15, 0.2) is 24.5 Å². The fourth-order valence-electron chi connectivity index (χ4n) is 2.30. The molecule has 4 nitrogen and oxygen atoms in total. The Bertz CT molecular complexity index is 534. The van der Waals surface area contributed by atoms with Crippen molar-refractivity contribution in [2.24, 2.45) is 0 Å². The zero-order valence-corrected chi connectivity index (χ0v) is 12.7. The van der Waals surface area contributed by atoms with Crippen LogP contribution in [-0.4, -0.2) is 28.8 Å².